The maximum atomic E-state index is 2.44. The van der Waals surface area contributed by atoms with Crippen molar-refractivity contribution in [1.29, 1.82) is 0 Å². The van der Waals surface area contributed by atoms with Gasteiger partial charge in [0.25, 0.3) is 0 Å². The predicted molar refractivity (Wildman–Crippen MR) is 382 cm³/mol. The summed E-state index contributed by atoms with van der Waals surface area (Å²) in [4.78, 5) is 4.77. The van der Waals surface area contributed by atoms with Crippen molar-refractivity contribution >= 4 is 55.9 Å². The standard InChI is InChI=1S/C87H65N3/c1-60-30-42-73(43-31-60)89(74-44-32-61(2)33-45-74)79-52-53-80(62(3)56-79)87-81(71-26-16-27-78(57-71)88(75-46-34-67(35-47-75)63-18-8-4-9-19-63)76-48-36-68(37-49-76)64-20-10-5-11-21-64)28-17-29-82(87)72-41-55-86-84(59-72)83-58-70(66-24-14-7-15-25-66)40-54-85(83)90(86)77-50-38-69(39-51-77)65-22-12-6-13-23-65/h4-59H,1-3H3. The molecule has 90 heavy (non-hydrogen) atoms. The van der Waals surface area contributed by atoms with E-state index in [4.69, 9.17) is 0 Å². The van der Waals surface area contributed by atoms with Crippen LogP contribution in [0.25, 0.3) is 105 Å². The molecule has 0 aliphatic heterocycles. The first-order valence-electron chi connectivity index (χ1n) is 31.0. The quantitative estimate of drug-likeness (QED) is 0.108. The zero-order chi connectivity index (χ0) is 60.5. The van der Waals surface area contributed by atoms with Crippen molar-refractivity contribution < 1.29 is 0 Å². The minimum absolute atomic E-state index is 1.06. The molecule has 3 nitrogen and oxygen atoms in total. The molecule has 0 amide bonds. The van der Waals surface area contributed by atoms with Gasteiger partial charge in [-0.3, -0.25) is 0 Å². The van der Waals surface area contributed by atoms with Gasteiger partial charge in [-0.05, 0) is 213 Å². The first kappa shape index (κ1) is 55.1. The van der Waals surface area contributed by atoms with Gasteiger partial charge in [-0.2, -0.15) is 0 Å². The van der Waals surface area contributed by atoms with Gasteiger partial charge in [0.1, 0.15) is 0 Å². The molecule has 15 aromatic rings. The summed E-state index contributed by atoms with van der Waals surface area (Å²) in [6.45, 7) is 6.58. The summed E-state index contributed by atoms with van der Waals surface area (Å²) < 4.78 is 2.44. The number of aryl methyl sites for hydroxylation is 3. The lowest BCUT2D eigenvalue weighted by molar-refractivity contribution is 1.18. The average molecular weight is 1150 g/mol. The van der Waals surface area contributed by atoms with Gasteiger partial charge in [0.2, 0.25) is 0 Å². The summed E-state index contributed by atoms with van der Waals surface area (Å²) in [7, 11) is 0. The van der Waals surface area contributed by atoms with Gasteiger partial charge in [-0.15, -0.1) is 0 Å². The van der Waals surface area contributed by atoms with Gasteiger partial charge in [0.15, 0.2) is 0 Å². The van der Waals surface area contributed by atoms with Gasteiger partial charge in [-0.25, -0.2) is 0 Å². The van der Waals surface area contributed by atoms with Crippen molar-refractivity contribution in [2.24, 2.45) is 0 Å². The second kappa shape index (κ2) is 24.0. The highest BCUT2D eigenvalue weighted by Gasteiger charge is 2.23. The lowest BCUT2D eigenvalue weighted by atomic mass is 9.85. The first-order chi connectivity index (χ1) is 44.3. The Bertz CT molecular complexity index is 4890. The van der Waals surface area contributed by atoms with E-state index in [2.05, 4.69) is 375 Å². The topological polar surface area (TPSA) is 11.4 Å². The summed E-state index contributed by atoms with van der Waals surface area (Å²) in [6.07, 6.45) is 0. The molecule has 14 aromatic carbocycles. The minimum atomic E-state index is 1.06. The van der Waals surface area contributed by atoms with Crippen LogP contribution in [0.3, 0.4) is 0 Å². The molecule has 0 fully saturated rings. The maximum absolute atomic E-state index is 2.44. The monoisotopic (exact) mass is 1150 g/mol. The highest BCUT2D eigenvalue weighted by atomic mass is 15.1. The molecule has 15 rings (SSSR count). The number of hydrogen-bond donors (Lipinski definition) is 0. The number of aromatic nitrogens is 1. The molecule has 0 aliphatic carbocycles. The Labute approximate surface area is 528 Å². The lowest BCUT2D eigenvalue weighted by Crippen LogP contribution is -2.10. The fourth-order valence-electron chi connectivity index (χ4n) is 13.1. The highest BCUT2D eigenvalue weighted by Crippen LogP contribution is 2.47. The number of fused-ring (bicyclic) bond motifs is 3. The van der Waals surface area contributed by atoms with Crippen LogP contribution in [0.2, 0.25) is 0 Å². The van der Waals surface area contributed by atoms with Crippen LogP contribution in [-0.2, 0) is 0 Å². The molecule has 0 saturated heterocycles. The van der Waals surface area contributed by atoms with Crippen molar-refractivity contribution in [3.8, 4) is 83.6 Å². The zero-order valence-corrected chi connectivity index (χ0v) is 50.7. The summed E-state index contributed by atoms with van der Waals surface area (Å²) >= 11 is 0. The second-order valence-electron chi connectivity index (χ2n) is 23.5. The van der Waals surface area contributed by atoms with E-state index < -0.39 is 0 Å². The molecule has 0 bridgehead atoms. The highest BCUT2D eigenvalue weighted by molar-refractivity contribution is 6.12. The van der Waals surface area contributed by atoms with Gasteiger partial charge < -0.3 is 14.4 Å². The van der Waals surface area contributed by atoms with Gasteiger partial charge in [0, 0.05) is 50.6 Å². The molecular weight excluding hydrogens is 1090 g/mol. The first-order valence-corrected chi connectivity index (χ1v) is 31.0. The SMILES string of the molecule is Cc1ccc(N(c2ccc(C)cc2)c2ccc(-c3c(-c4cccc(N(c5ccc(-c6ccccc6)cc5)c5ccc(-c6ccccc6)cc5)c4)cccc3-c3ccc4c(c3)c3cc(-c5ccccc5)ccc3n4-c3ccc(-c4ccccc4)cc3)c(C)c2)cc1. The van der Waals surface area contributed by atoms with Crippen molar-refractivity contribution in [2.45, 2.75) is 20.8 Å². The molecule has 1 aromatic heterocycles. The van der Waals surface area contributed by atoms with Gasteiger partial charge in [-0.1, -0.05) is 242 Å². The van der Waals surface area contributed by atoms with Crippen LogP contribution in [0.5, 0.6) is 0 Å². The molecule has 1 heterocycles. The van der Waals surface area contributed by atoms with Crippen molar-refractivity contribution in [2.75, 3.05) is 9.80 Å². The Kier molecular flexibility index (Phi) is 14.7. The Hall–Kier alpha value is -11.5. The summed E-state index contributed by atoms with van der Waals surface area (Å²) in [6, 6.07) is 125. The van der Waals surface area contributed by atoms with Crippen LogP contribution in [0.1, 0.15) is 16.7 Å². The minimum Gasteiger partial charge on any atom is -0.310 e. The predicted octanol–water partition coefficient (Wildman–Crippen LogP) is 24.3. The summed E-state index contributed by atoms with van der Waals surface area (Å²) in [5.74, 6) is 0. The molecule has 0 atom stereocenters. The van der Waals surface area contributed by atoms with Crippen LogP contribution >= 0.6 is 0 Å². The number of nitrogens with zero attached hydrogens (tertiary/aromatic N) is 3. The van der Waals surface area contributed by atoms with Crippen LogP contribution < -0.4 is 9.80 Å². The third-order valence-corrected chi connectivity index (χ3v) is 17.7. The molecule has 0 N–H and O–H groups in total. The number of benzene rings is 14. The van der Waals surface area contributed by atoms with Crippen molar-refractivity contribution in [1.82, 2.24) is 4.57 Å². The van der Waals surface area contributed by atoms with Crippen LogP contribution in [-0.4, -0.2) is 4.57 Å². The number of anilines is 6. The molecular formula is C87H65N3. The van der Waals surface area contributed by atoms with E-state index in [1.807, 2.05) is 0 Å². The van der Waals surface area contributed by atoms with E-state index in [9.17, 15) is 0 Å². The third-order valence-electron chi connectivity index (χ3n) is 17.7. The summed E-state index contributed by atoms with van der Waals surface area (Å²) in [5, 5.41) is 2.39. The lowest BCUT2D eigenvalue weighted by Gasteiger charge is -2.28. The van der Waals surface area contributed by atoms with E-state index >= 15 is 0 Å². The molecule has 3 heteroatoms. The van der Waals surface area contributed by atoms with E-state index in [0.717, 1.165) is 73.1 Å². The van der Waals surface area contributed by atoms with Crippen LogP contribution in [0.15, 0.2) is 340 Å². The van der Waals surface area contributed by atoms with Gasteiger partial charge in [0.05, 0.1) is 11.0 Å². The Balaban J connectivity index is 0.921. The van der Waals surface area contributed by atoms with Gasteiger partial charge >= 0.3 is 0 Å². The largest absolute Gasteiger partial charge is 0.310 e. The van der Waals surface area contributed by atoms with Crippen LogP contribution in [0, 0.1) is 20.8 Å². The molecule has 0 saturated carbocycles. The van der Waals surface area contributed by atoms with Crippen LogP contribution in [0.4, 0.5) is 34.1 Å². The fraction of sp³-hybridized carbons (Fsp3) is 0.0345. The Morgan fingerprint density at radius 1 is 0.222 bits per heavy atom. The zero-order valence-electron chi connectivity index (χ0n) is 50.7. The third kappa shape index (κ3) is 10.7. The smallest absolute Gasteiger partial charge is 0.0541 e. The Morgan fingerprint density at radius 3 is 1.01 bits per heavy atom. The molecule has 0 spiro atoms. The summed E-state index contributed by atoms with van der Waals surface area (Å²) in [5.41, 5.74) is 30.0. The van der Waals surface area contributed by atoms with E-state index in [1.54, 1.807) is 0 Å². The molecule has 0 radical (unpaired) electrons. The Morgan fingerprint density at radius 2 is 0.556 bits per heavy atom. The normalized spacial score (nSPS) is 11.3. The molecule has 0 aliphatic rings. The van der Waals surface area contributed by atoms with E-state index in [1.165, 1.54) is 83.1 Å². The fourth-order valence-corrected chi connectivity index (χ4v) is 13.1. The molecule has 0 unspecified atom stereocenters. The number of rotatable bonds is 14. The van der Waals surface area contributed by atoms with Crippen molar-refractivity contribution in [3.63, 3.8) is 0 Å². The maximum Gasteiger partial charge on any atom is 0.0541 e. The van der Waals surface area contributed by atoms with E-state index in [0.29, 0.717) is 0 Å². The number of hydrogen-bond acceptors (Lipinski definition) is 2. The average Bonchev–Trinajstić information content (AvgIpc) is 1.61. The molecule has 428 valence electrons. The van der Waals surface area contributed by atoms with Crippen molar-refractivity contribution in [3.05, 3.63) is 356 Å². The second-order valence-corrected chi connectivity index (χ2v) is 23.5. The van der Waals surface area contributed by atoms with E-state index in [-0.39, 0.29) is 0 Å².